The lowest BCUT2D eigenvalue weighted by Crippen LogP contribution is -2.42. The lowest BCUT2D eigenvalue weighted by Gasteiger charge is -2.31. The minimum atomic E-state index is -0.287. The molecule has 1 aromatic heterocycles. The molecule has 0 saturated carbocycles. The first-order valence-electron chi connectivity index (χ1n) is 8.02. The molecule has 2 aliphatic heterocycles. The summed E-state index contributed by atoms with van der Waals surface area (Å²) in [6, 6.07) is 0. The average molecular weight is 336 g/mol. The number of nitrogens with one attached hydrogen (secondary N) is 1. The number of likely N-dealkylation sites (N-methyl/N-ethyl adjacent to an activating group) is 1. The summed E-state index contributed by atoms with van der Waals surface area (Å²) >= 11 is 1.55. The number of aromatic nitrogens is 1. The maximum atomic E-state index is 12.5. The number of amides is 2. The molecular weight excluding hydrogens is 312 g/mol. The van der Waals surface area contributed by atoms with Crippen LogP contribution in [0.2, 0.25) is 0 Å². The van der Waals surface area contributed by atoms with Gasteiger partial charge in [0.05, 0.1) is 11.6 Å². The Morgan fingerprint density at radius 2 is 2.13 bits per heavy atom. The standard InChI is InChI=1S/C16H24N4O2S/c1-16(2,3)20-8-10(7-13(20)21)14(22)18-15-17-11-5-6-19(4)9-12(11)23-15/h10H,5-9H2,1-4H3,(H,17,18,22). The summed E-state index contributed by atoms with van der Waals surface area (Å²) in [6.45, 7) is 8.37. The Balaban J connectivity index is 1.65. The minimum absolute atomic E-state index is 0.0534. The van der Waals surface area contributed by atoms with Crippen LogP contribution in [0.3, 0.4) is 0 Å². The van der Waals surface area contributed by atoms with E-state index in [-0.39, 0.29) is 29.7 Å². The van der Waals surface area contributed by atoms with Gasteiger partial charge in [0.15, 0.2) is 5.13 Å². The first kappa shape index (κ1) is 16.4. The van der Waals surface area contributed by atoms with Gasteiger partial charge < -0.3 is 15.1 Å². The summed E-state index contributed by atoms with van der Waals surface area (Å²) in [7, 11) is 2.09. The quantitative estimate of drug-likeness (QED) is 0.893. The molecule has 1 unspecified atom stereocenters. The molecule has 6 nitrogen and oxygen atoms in total. The van der Waals surface area contributed by atoms with Gasteiger partial charge in [-0.05, 0) is 27.8 Å². The van der Waals surface area contributed by atoms with Gasteiger partial charge in [-0.15, -0.1) is 11.3 Å². The molecule has 3 rings (SSSR count). The molecule has 1 fully saturated rings. The molecular formula is C16H24N4O2S. The third-order valence-corrected chi connectivity index (χ3v) is 5.46. The van der Waals surface area contributed by atoms with E-state index in [1.165, 1.54) is 4.88 Å². The van der Waals surface area contributed by atoms with E-state index in [0.717, 1.165) is 25.2 Å². The Morgan fingerprint density at radius 3 is 2.78 bits per heavy atom. The van der Waals surface area contributed by atoms with Crippen LogP contribution < -0.4 is 5.32 Å². The molecule has 0 aliphatic carbocycles. The average Bonchev–Trinajstić information content (AvgIpc) is 3.00. The van der Waals surface area contributed by atoms with Crippen LogP contribution in [0, 0.1) is 5.92 Å². The predicted octanol–water partition coefficient (Wildman–Crippen LogP) is 1.72. The van der Waals surface area contributed by atoms with Crippen molar-refractivity contribution in [3.05, 3.63) is 10.6 Å². The van der Waals surface area contributed by atoms with Gasteiger partial charge in [0, 0.05) is 42.9 Å². The summed E-state index contributed by atoms with van der Waals surface area (Å²) in [5.41, 5.74) is 0.860. The molecule has 3 heterocycles. The van der Waals surface area contributed by atoms with Gasteiger partial charge in [-0.2, -0.15) is 0 Å². The number of hydrogen-bond donors (Lipinski definition) is 1. The van der Waals surface area contributed by atoms with Crippen LogP contribution in [0.4, 0.5) is 5.13 Å². The third-order valence-electron chi connectivity index (χ3n) is 4.46. The SMILES string of the molecule is CN1CCc2nc(NC(=O)C3CC(=O)N(C(C)(C)C)C3)sc2C1. The minimum Gasteiger partial charge on any atom is -0.337 e. The van der Waals surface area contributed by atoms with Crippen LogP contribution >= 0.6 is 11.3 Å². The second-order valence-electron chi connectivity index (χ2n) is 7.44. The summed E-state index contributed by atoms with van der Waals surface area (Å²) in [5, 5.41) is 3.58. The molecule has 126 valence electrons. The number of fused-ring (bicyclic) bond motifs is 1. The molecule has 0 spiro atoms. The van der Waals surface area contributed by atoms with Crippen LogP contribution in [0.1, 0.15) is 37.8 Å². The molecule has 0 aromatic carbocycles. The van der Waals surface area contributed by atoms with Crippen LogP contribution in [0.25, 0.3) is 0 Å². The van der Waals surface area contributed by atoms with Gasteiger partial charge in [-0.3, -0.25) is 9.59 Å². The smallest absolute Gasteiger partial charge is 0.231 e. The van der Waals surface area contributed by atoms with Crippen molar-refractivity contribution in [2.75, 3.05) is 25.5 Å². The zero-order valence-corrected chi connectivity index (χ0v) is 15.0. The molecule has 2 amide bonds. The van der Waals surface area contributed by atoms with Gasteiger partial charge in [0.25, 0.3) is 0 Å². The van der Waals surface area contributed by atoms with Crippen molar-refractivity contribution in [1.82, 2.24) is 14.8 Å². The summed E-state index contributed by atoms with van der Waals surface area (Å²) in [5.74, 6) is -0.326. The first-order valence-corrected chi connectivity index (χ1v) is 8.84. The van der Waals surface area contributed by atoms with Crippen LogP contribution in [0.5, 0.6) is 0 Å². The highest BCUT2D eigenvalue weighted by molar-refractivity contribution is 7.15. The Kier molecular flexibility index (Phi) is 4.18. The number of thiazole rings is 1. The van der Waals surface area contributed by atoms with Gasteiger partial charge >= 0.3 is 0 Å². The second-order valence-corrected chi connectivity index (χ2v) is 8.53. The van der Waals surface area contributed by atoms with Crippen molar-refractivity contribution < 1.29 is 9.59 Å². The van der Waals surface area contributed by atoms with Gasteiger partial charge in [0.1, 0.15) is 0 Å². The van der Waals surface area contributed by atoms with Crippen LogP contribution in [-0.2, 0) is 22.6 Å². The van der Waals surface area contributed by atoms with E-state index in [4.69, 9.17) is 0 Å². The van der Waals surface area contributed by atoms with Crippen molar-refractivity contribution in [2.24, 2.45) is 5.92 Å². The monoisotopic (exact) mass is 336 g/mol. The van der Waals surface area contributed by atoms with E-state index in [2.05, 4.69) is 22.2 Å². The third kappa shape index (κ3) is 3.40. The number of nitrogens with zero attached hydrogens (tertiary/aromatic N) is 3. The highest BCUT2D eigenvalue weighted by Crippen LogP contribution is 2.30. The van der Waals surface area contributed by atoms with Crippen molar-refractivity contribution in [3.8, 4) is 0 Å². The normalized spacial score (nSPS) is 22.3. The van der Waals surface area contributed by atoms with Crippen molar-refractivity contribution in [3.63, 3.8) is 0 Å². The fraction of sp³-hybridized carbons (Fsp3) is 0.688. The van der Waals surface area contributed by atoms with Crippen LogP contribution in [-0.4, -0.2) is 52.3 Å². The molecule has 2 aliphatic rings. The number of likely N-dealkylation sites (tertiary alicyclic amines) is 1. The molecule has 0 bridgehead atoms. The fourth-order valence-electron chi connectivity index (χ4n) is 3.12. The number of rotatable bonds is 2. The Bertz CT molecular complexity index is 635. The lowest BCUT2D eigenvalue weighted by atomic mass is 10.1. The highest BCUT2D eigenvalue weighted by atomic mass is 32.1. The summed E-state index contributed by atoms with van der Waals surface area (Å²) < 4.78 is 0. The van der Waals surface area contributed by atoms with Gasteiger partial charge in [-0.25, -0.2) is 4.98 Å². The van der Waals surface area contributed by atoms with Gasteiger partial charge in [-0.1, -0.05) is 0 Å². The highest BCUT2D eigenvalue weighted by Gasteiger charge is 2.39. The predicted molar refractivity (Wildman–Crippen MR) is 90.4 cm³/mol. The lowest BCUT2D eigenvalue weighted by molar-refractivity contribution is -0.131. The Hall–Kier alpha value is -1.47. The number of carbonyl (C=O) groups excluding carboxylic acids is 2. The van der Waals surface area contributed by atoms with E-state index < -0.39 is 0 Å². The number of hydrogen-bond acceptors (Lipinski definition) is 5. The van der Waals surface area contributed by atoms with Crippen molar-refractivity contribution in [1.29, 1.82) is 0 Å². The zero-order valence-electron chi connectivity index (χ0n) is 14.2. The van der Waals surface area contributed by atoms with Crippen LogP contribution in [0.15, 0.2) is 0 Å². The van der Waals surface area contributed by atoms with Gasteiger partial charge in [0.2, 0.25) is 11.8 Å². The van der Waals surface area contributed by atoms with Crippen molar-refractivity contribution >= 4 is 28.3 Å². The van der Waals surface area contributed by atoms with E-state index in [1.807, 2.05) is 20.8 Å². The maximum Gasteiger partial charge on any atom is 0.231 e. The van der Waals surface area contributed by atoms with E-state index in [1.54, 1.807) is 16.2 Å². The summed E-state index contributed by atoms with van der Waals surface area (Å²) in [4.78, 5) is 34.4. The summed E-state index contributed by atoms with van der Waals surface area (Å²) in [6.07, 6.45) is 1.22. The molecule has 23 heavy (non-hydrogen) atoms. The zero-order chi connectivity index (χ0) is 16.8. The first-order chi connectivity index (χ1) is 10.7. The van der Waals surface area contributed by atoms with E-state index in [0.29, 0.717) is 11.7 Å². The number of anilines is 1. The number of carbonyl (C=O) groups is 2. The van der Waals surface area contributed by atoms with E-state index >= 15 is 0 Å². The fourth-order valence-corrected chi connectivity index (χ4v) is 4.21. The molecule has 1 N–H and O–H groups in total. The largest absolute Gasteiger partial charge is 0.337 e. The van der Waals surface area contributed by atoms with Crippen molar-refractivity contribution in [2.45, 2.75) is 45.7 Å². The van der Waals surface area contributed by atoms with E-state index in [9.17, 15) is 9.59 Å². The Labute approximate surface area is 140 Å². The molecule has 1 saturated heterocycles. The second kappa shape index (κ2) is 5.87. The molecule has 0 radical (unpaired) electrons. The molecule has 7 heteroatoms. The topological polar surface area (TPSA) is 65.5 Å². The molecule has 1 atom stereocenters. The molecule has 1 aromatic rings. The Morgan fingerprint density at radius 1 is 1.39 bits per heavy atom. The maximum absolute atomic E-state index is 12.5.